The second kappa shape index (κ2) is 9.09. The third-order valence-electron chi connectivity index (χ3n) is 4.91. The molecule has 0 bridgehead atoms. The summed E-state index contributed by atoms with van der Waals surface area (Å²) in [7, 11) is 0. The van der Waals surface area contributed by atoms with Gasteiger partial charge in [0.25, 0.3) is 0 Å². The molecule has 2 amide bonds. The van der Waals surface area contributed by atoms with E-state index in [-0.39, 0.29) is 18.5 Å². The van der Waals surface area contributed by atoms with Crippen molar-refractivity contribution in [2.24, 2.45) is 5.73 Å². The van der Waals surface area contributed by atoms with E-state index in [1.807, 2.05) is 36.4 Å². The van der Waals surface area contributed by atoms with Crippen molar-refractivity contribution >= 4 is 12.0 Å². The number of hydrogen-bond donors (Lipinski definition) is 1. The van der Waals surface area contributed by atoms with Gasteiger partial charge in [0, 0.05) is 12.0 Å². The normalized spacial score (nSPS) is 17.4. The maximum absolute atomic E-state index is 12.5. The van der Waals surface area contributed by atoms with Crippen LogP contribution < -0.4 is 10.5 Å². The number of primary amides is 1. The first-order valence-corrected chi connectivity index (χ1v) is 10.2. The van der Waals surface area contributed by atoms with Crippen LogP contribution in [0.2, 0.25) is 0 Å². The first kappa shape index (κ1) is 22.2. The van der Waals surface area contributed by atoms with E-state index in [9.17, 15) is 9.59 Å². The third kappa shape index (κ3) is 6.22. The molecule has 3 rings (SSSR count). The molecule has 0 saturated heterocycles. The number of benzene rings is 2. The van der Waals surface area contributed by atoms with Gasteiger partial charge in [-0.1, -0.05) is 24.3 Å². The number of nitrogens with zero attached hydrogens (tertiary/aromatic N) is 2. The van der Waals surface area contributed by atoms with E-state index in [0.717, 1.165) is 23.3 Å². The maximum atomic E-state index is 12.5. The Morgan fingerprint density at radius 2 is 1.77 bits per heavy atom. The van der Waals surface area contributed by atoms with E-state index in [2.05, 4.69) is 6.07 Å². The Kier molecular flexibility index (Phi) is 6.50. The SMILES string of the molecule is CC(C)(C)OC(=O)N(CC(N)=O)C1CC1c1ccc(OCc2ccc(C#N)cc2)cc1. The van der Waals surface area contributed by atoms with Gasteiger partial charge >= 0.3 is 6.09 Å². The van der Waals surface area contributed by atoms with E-state index in [4.69, 9.17) is 20.5 Å². The molecule has 162 valence electrons. The molecule has 2 atom stereocenters. The molecule has 7 heteroatoms. The average Bonchev–Trinajstić information content (AvgIpc) is 3.50. The molecule has 0 aliphatic heterocycles. The quantitative estimate of drug-likeness (QED) is 0.733. The maximum Gasteiger partial charge on any atom is 0.411 e. The zero-order valence-electron chi connectivity index (χ0n) is 18.0. The number of ether oxygens (including phenoxy) is 2. The fourth-order valence-corrected chi connectivity index (χ4v) is 3.34. The zero-order valence-corrected chi connectivity index (χ0v) is 18.0. The van der Waals surface area contributed by atoms with Crippen molar-refractivity contribution in [2.45, 2.75) is 51.4 Å². The summed E-state index contributed by atoms with van der Waals surface area (Å²) < 4.78 is 11.2. The van der Waals surface area contributed by atoms with Crippen LogP contribution in [0.15, 0.2) is 48.5 Å². The Labute approximate surface area is 182 Å². The predicted octanol–water partition coefficient (Wildman–Crippen LogP) is 3.72. The number of nitriles is 1. The van der Waals surface area contributed by atoms with Gasteiger partial charge in [-0.3, -0.25) is 9.69 Å². The molecule has 2 N–H and O–H groups in total. The standard InChI is InChI=1S/C24H27N3O4/c1-24(2,3)31-23(29)27(14-22(26)28)21-12-20(21)18-8-10-19(11-9-18)30-15-17-6-4-16(13-25)5-7-17/h4-11,20-21H,12,14-15H2,1-3H3,(H2,26,28). The van der Waals surface area contributed by atoms with Crippen molar-refractivity contribution in [2.75, 3.05) is 6.54 Å². The Morgan fingerprint density at radius 1 is 1.13 bits per heavy atom. The molecule has 1 fully saturated rings. The van der Waals surface area contributed by atoms with E-state index >= 15 is 0 Å². The lowest BCUT2D eigenvalue weighted by Crippen LogP contribution is -2.43. The summed E-state index contributed by atoms with van der Waals surface area (Å²) >= 11 is 0. The predicted molar refractivity (Wildman–Crippen MR) is 115 cm³/mol. The lowest BCUT2D eigenvalue weighted by atomic mass is 10.1. The Morgan fingerprint density at radius 3 is 2.32 bits per heavy atom. The molecule has 1 aliphatic carbocycles. The van der Waals surface area contributed by atoms with Crippen LogP contribution >= 0.6 is 0 Å². The molecule has 2 aromatic carbocycles. The van der Waals surface area contributed by atoms with Crippen molar-refractivity contribution in [3.05, 3.63) is 65.2 Å². The largest absolute Gasteiger partial charge is 0.489 e. The minimum absolute atomic E-state index is 0.118. The lowest BCUT2D eigenvalue weighted by molar-refractivity contribution is -0.119. The number of rotatable bonds is 7. The van der Waals surface area contributed by atoms with Gasteiger partial charge in [-0.05, 0) is 62.6 Å². The Bertz CT molecular complexity index is 972. The molecular formula is C24H27N3O4. The number of amides is 2. The average molecular weight is 421 g/mol. The summed E-state index contributed by atoms with van der Waals surface area (Å²) in [6, 6.07) is 16.9. The van der Waals surface area contributed by atoms with Gasteiger partial charge in [0.1, 0.15) is 24.5 Å². The van der Waals surface area contributed by atoms with Gasteiger partial charge in [0.05, 0.1) is 11.6 Å². The number of hydrogen-bond acceptors (Lipinski definition) is 5. The fourth-order valence-electron chi connectivity index (χ4n) is 3.34. The molecule has 2 unspecified atom stereocenters. The van der Waals surface area contributed by atoms with Gasteiger partial charge in [0.15, 0.2) is 0 Å². The van der Waals surface area contributed by atoms with E-state index in [1.54, 1.807) is 32.9 Å². The van der Waals surface area contributed by atoms with Crippen molar-refractivity contribution in [1.29, 1.82) is 5.26 Å². The molecule has 0 spiro atoms. The highest BCUT2D eigenvalue weighted by Gasteiger charge is 2.46. The monoisotopic (exact) mass is 421 g/mol. The Balaban J connectivity index is 1.59. The zero-order chi connectivity index (χ0) is 22.6. The minimum atomic E-state index is -0.648. The summed E-state index contributed by atoms with van der Waals surface area (Å²) in [5, 5.41) is 8.86. The van der Waals surface area contributed by atoms with Gasteiger partial charge in [-0.15, -0.1) is 0 Å². The van der Waals surface area contributed by atoms with Crippen LogP contribution in [0.4, 0.5) is 4.79 Å². The lowest BCUT2D eigenvalue weighted by Gasteiger charge is -2.27. The summed E-state index contributed by atoms with van der Waals surface area (Å²) in [6.07, 6.45) is 0.221. The third-order valence-corrected chi connectivity index (χ3v) is 4.91. The van der Waals surface area contributed by atoms with E-state index in [1.165, 1.54) is 4.90 Å². The van der Waals surface area contributed by atoms with Crippen molar-refractivity contribution < 1.29 is 19.1 Å². The molecule has 2 aromatic rings. The molecule has 0 radical (unpaired) electrons. The van der Waals surface area contributed by atoms with Crippen LogP contribution in [0, 0.1) is 11.3 Å². The van der Waals surface area contributed by atoms with Gasteiger partial charge in [0.2, 0.25) is 5.91 Å². The summed E-state index contributed by atoms with van der Waals surface area (Å²) in [5.74, 6) is 0.286. The molecule has 1 aliphatic rings. The van der Waals surface area contributed by atoms with Crippen molar-refractivity contribution in [3.63, 3.8) is 0 Å². The highest BCUT2D eigenvalue weighted by Crippen LogP contribution is 2.45. The summed E-state index contributed by atoms with van der Waals surface area (Å²) in [4.78, 5) is 25.4. The molecule has 1 saturated carbocycles. The second-order valence-corrected chi connectivity index (χ2v) is 8.65. The number of carbonyl (C=O) groups is 2. The van der Waals surface area contributed by atoms with Crippen LogP contribution in [0.3, 0.4) is 0 Å². The Hall–Kier alpha value is -3.53. The van der Waals surface area contributed by atoms with E-state index in [0.29, 0.717) is 12.2 Å². The molecule has 7 nitrogen and oxygen atoms in total. The van der Waals surface area contributed by atoms with Crippen LogP contribution in [0.1, 0.15) is 49.8 Å². The molecular weight excluding hydrogens is 394 g/mol. The van der Waals surface area contributed by atoms with Gasteiger partial charge in [-0.2, -0.15) is 5.26 Å². The summed E-state index contributed by atoms with van der Waals surface area (Å²) in [5.41, 5.74) is 7.35. The summed E-state index contributed by atoms with van der Waals surface area (Å²) in [6.45, 7) is 5.60. The minimum Gasteiger partial charge on any atom is -0.489 e. The fraction of sp³-hybridized carbons (Fsp3) is 0.375. The van der Waals surface area contributed by atoms with Crippen molar-refractivity contribution in [1.82, 2.24) is 4.90 Å². The number of nitrogens with two attached hydrogens (primary N) is 1. The van der Waals surface area contributed by atoms with Crippen LogP contribution in [0.25, 0.3) is 0 Å². The molecule has 31 heavy (non-hydrogen) atoms. The first-order valence-electron chi connectivity index (χ1n) is 10.2. The first-order chi connectivity index (χ1) is 14.7. The van der Waals surface area contributed by atoms with Crippen LogP contribution in [-0.4, -0.2) is 35.1 Å². The smallest absolute Gasteiger partial charge is 0.411 e. The number of carbonyl (C=O) groups excluding carboxylic acids is 2. The van der Waals surface area contributed by atoms with Gasteiger partial charge < -0.3 is 15.2 Å². The molecule has 0 aromatic heterocycles. The second-order valence-electron chi connectivity index (χ2n) is 8.65. The van der Waals surface area contributed by atoms with Crippen LogP contribution in [-0.2, 0) is 16.1 Å². The molecule has 0 heterocycles. The van der Waals surface area contributed by atoms with Gasteiger partial charge in [-0.25, -0.2) is 4.79 Å². The highest BCUT2D eigenvalue weighted by molar-refractivity contribution is 5.81. The van der Waals surface area contributed by atoms with Crippen molar-refractivity contribution in [3.8, 4) is 11.8 Å². The topological polar surface area (TPSA) is 106 Å². The highest BCUT2D eigenvalue weighted by atomic mass is 16.6. The van der Waals surface area contributed by atoms with E-state index < -0.39 is 17.6 Å². The van der Waals surface area contributed by atoms with Crippen LogP contribution in [0.5, 0.6) is 5.75 Å².